The van der Waals surface area contributed by atoms with Crippen LogP contribution in [0.15, 0.2) is 71.8 Å². The number of benzene rings is 2. The summed E-state index contributed by atoms with van der Waals surface area (Å²) in [5, 5.41) is 25.4. The highest BCUT2D eigenvalue weighted by molar-refractivity contribution is 7.20. The number of carbonyl (C=O) groups is 2. The number of carboxylic acids is 2. The van der Waals surface area contributed by atoms with E-state index >= 15 is 0 Å². The maximum atomic E-state index is 11.7. The third-order valence-electron chi connectivity index (χ3n) is 4.19. The molecule has 6 heteroatoms. The molecule has 28 heavy (non-hydrogen) atoms. The van der Waals surface area contributed by atoms with Gasteiger partial charge in [-0.2, -0.15) is 0 Å². The van der Waals surface area contributed by atoms with Crippen molar-refractivity contribution in [2.75, 3.05) is 0 Å². The van der Waals surface area contributed by atoms with Crippen LogP contribution in [0.4, 0.5) is 0 Å². The molecule has 0 spiro atoms. The average molecular weight is 404 g/mol. The van der Waals surface area contributed by atoms with Gasteiger partial charge in [-0.15, -0.1) is 22.7 Å². The normalized spacial score (nSPS) is 12.6. The second-order valence-electron chi connectivity index (χ2n) is 6.06. The first-order valence-corrected chi connectivity index (χ1v) is 9.98. The predicted octanol–water partition coefficient (Wildman–Crippen LogP) is 3.08. The molecule has 0 N–H and O–H groups in total. The van der Waals surface area contributed by atoms with Gasteiger partial charge in [0.15, 0.2) is 0 Å². The Morgan fingerprint density at radius 2 is 1.07 bits per heavy atom. The fraction of sp³-hybridized carbons (Fsp3) is 0. The average Bonchev–Trinajstić information content (AvgIpc) is 3.26. The molecular formula is C22H12O4S2-2. The molecule has 0 aliphatic carbocycles. The first kappa shape index (κ1) is 18.2. The second kappa shape index (κ2) is 7.42. The van der Waals surface area contributed by atoms with Crippen LogP contribution in [0, 0.1) is 0 Å². The molecule has 2 aromatic carbocycles. The van der Waals surface area contributed by atoms with Gasteiger partial charge in [0.05, 0.1) is 11.9 Å². The van der Waals surface area contributed by atoms with Gasteiger partial charge in [-0.3, -0.25) is 0 Å². The quantitative estimate of drug-likeness (QED) is 0.378. The molecule has 2 heterocycles. The summed E-state index contributed by atoms with van der Waals surface area (Å²) in [7, 11) is 0. The van der Waals surface area contributed by atoms with E-state index in [1.165, 1.54) is 34.8 Å². The van der Waals surface area contributed by atoms with Crippen molar-refractivity contribution >= 4 is 66.9 Å². The molecule has 0 amide bonds. The lowest BCUT2D eigenvalue weighted by Gasteiger charge is -2.14. The highest BCUT2D eigenvalue weighted by Gasteiger charge is 2.11. The molecule has 0 unspecified atom stereocenters. The van der Waals surface area contributed by atoms with E-state index in [1.807, 2.05) is 60.7 Å². The molecular weight excluding hydrogens is 392 g/mol. The van der Waals surface area contributed by atoms with Gasteiger partial charge in [-0.25, -0.2) is 0 Å². The number of rotatable bonds is 5. The van der Waals surface area contributed by atoms with Gasteiger partial charge in [0.1, 0.15) is 0 Å². The number of hydrogen-bond donors (Lipinski definition) is 0. The van der Waals surface area contributed by atoms with Crippen molar-refractivity contribution < 1.29 is 19.8 Å². The summed E-state index contributed by atoms with van der Waals surface area (Å²) < 4.78 is 1.96. The van der Waals surface area contributed by atoms with E-state index in [4.69, 9.17) is 0 Å². The van der Waals surface area contributed by atoms with Gasteiger partial charge in [0.25, 0.3) is 0 Å². The highest BCUT2D eigenvalue weighted by Crippen LogP contribution is 2.30. The van der Waals surface area contributed by atoms with Gasteiger partial charge in [-0.05, 0) is 47.2 Å². The lowest BCUT2D eigenvalue weighted by molar-refractivity contribution is -0.304. The van der Waals surface area contributed by atoms with Gasteiger partial charge in [0, 0.05) is 30.3 Å². The minimum Gasteiger partial charge on any atom is -0.545 e. The van der Waals surface area contributed by atoms with E-state index in [2.05, 4.69) is 0 Å². The number of aliphatic carboxylic acids is 2. The van der Waals surface area contributed by atoms with Gasteiger partial charge >= 0.3 is 0 Å². The van der Waals surface area contributed by atoms with Crippen molar-refractivity contribution in [1.82, 2.24) is 0 Å². The third-order valence-corrected chi connectivity index (χ3v) is 6.32. The monoisotopic (exact) mass is 404 g/mol. The molecule has 0 atom stereocenters. The first-order valence-electron chi connectivity index (χ1n) is 8.35. The van der Waals surface area contributed by atoms with Crippen LogP contribution < -0.4 is 10.2 Å². The lowest BCUT2D eigenvalue weighted by atomic mass is 10.0. The third kappa shape index (κ3) is 3.60. The van der Waals surface area contributed by atoms with Gasteiger partial charge in [-0.1, -0.05) is 36.4 Å². The molecule has 0 bridgehead atoms. The Hall–Kier alpha value is -3.22. The van der Waals surface area contributed by atoms with Crippen LogP contribution in [0.2, 0.25) is 0 Å². The second-order valence-corrected chi connectivity index (χ2v) is 8.29. The SMILES string of the molecule is O=C([O-])C(=Cc1cc2ccccc2s1)/C(=C/c1cc2ccccc2s1)C(=O)[O-]. The maximum absolute atomic E-state index is 11.7. The van der Waals surface area contributed by atoms with Crippen LogP contribution in [0.5, 0.6) is 0 Å². The predicted molar refractivity (Wildman–Crippen MR) is 110 cm³/mol. The largest absolute Gasteiger partial charge is 0.545 e. The molecule has 4 nitrogen and oxygen atoms in total. The molecule has 0 saturated carbocycles. The van der Waals surface area contributed by atoms with Crippen molar-refractivity contribution in [2.24, 2.45) is 0 Å². The minimum atomic E-state index is -1.56. The highest BCUT2D eigenvalue weighted by atomic mass is 32.1. The lowest BCUT2D eigenvalue weighted by Crippen LogP contribution is -2.32. The molecule has 0 aliphatic rings. The Kier molecular flexibility index (Phi) is 4.81. The van der Waals surface area contributed by atoms with E-state index in [0.717, 1.165) is 20.2 Å². The summed E-state index contributed by atoms with van der Waals surface area (Å²) in [6.45, 7) is 0. The zero-order valence-corrected chi connectivity index (χ0v) is 16.0. The molecule has 2 aromatic heterocycles. The molecule has 4 aromatic rings. The number of thiophene rings is 2. The molecule has 4 rings (SSSR count). The van der Waals surface area contributed by atoms with Crippen LogP contribution in [0.3, 0.4) is 0 Å². The zero-order chi connectivity index (χ0) is 19.7. The fourth-order valence-electron chi connectivity index (χ4n) is 2.92. The Labute approximate surface area is 168 Å². The molecule has 138 valence electrons. The summed E-state index contributed by atoms with van der Waals surface area (Å²) in [6.07, 6.45) is 2.66. The summed E-state index contributed by atoms with van der Waals surface area (Å²) in [5.41, 5.74) is -0.826. The van der Waals surface area contributed by atoms with E-state index in [0.29, 0.717) is 9.75 Å². The van der Waals surface area contributed by atoms with Gasteiger partial charge in [0.2, 0.25) is 0 Å². The minimum absolute atomic E-state index is 0.413. The Bertz CT molecular complexity index is 1110. The van der Waals surface area contributed by atoms with Crippen LogP contribution in [-0.2, 0) is 9.59 Å². The summed E-state index contributed by atoms with van der Waals surface area (Å²) in [6, 6.07) is 18.8. The van der Waals surface area contributed by atoms with E-state index in [1.54, 1.807) is 0 Å². The van der Waals surface area contributed by atoms with Crippen molar-refractivity contribution in [1.29, 1.82) is 0 Å². The summed E-state index contributed by atoms with van der Waals surface area (Å²) in [5.74, 6) is -3.12. The number of carboxylic acid groups (broad SMARTS) is 2. The number of fused-ring (bicyclic) bond motifs is 2. The van der Waals surface area contributed by atoms with Crippen molar-refractivity contribution in [2.45, 2.75) is 0 Å². The van der Waals surface area contributed by atoms with E-state index < -0.39 is 23.1 Å². The van der Waals surface area contributed by atoms with E-state index in [9.17, 15) is 19.8 Å². The molecule has 0 aliphatic heterocycles. The van der Waals surface area contributed by atoms with Crippen molar-refractivity contribution in [3.63, 3.8) is 0 Å². The van der Waals surface area contributed by atoms with Gasteiger partial charge < -0.3 is 19.8 Å². The maximum Gasteiger partial charge on any atom is 0.0722 e. The number of carbonyl (C=O) groups excluding carboxylic acids is 2. The van der Waals surface area contributed by atoms with Crippen molar-refractivity contribution in [3.8, 4) is 0 Å². The Morgan fingerprint density at radius 1 is 0.679 bits per heavy atom. The fourth-order valence-corrected chi connectivity index (χ4v) is 4.94. The zero-order valence-electron chi connectivity index (χ0n) is 14.4. The smallest absolute Gasteiger partial charge is 0.0722 e. The first-order chi connectivity index (χ1) is 13.5. The van der Waals surface area contributed by atoms with Crippen LogP contribution in [0.1, 0.15) is 9.75 Å². The van der Waals surface area contributed by atoms with Crippen LogP contribution in [-0.4, -0.2) is 11.9 Å². The summed E-state index contributed by atoms with van der Waals surface area (Å²) in [4.78, 5) is 24.7. The standard InChI is InChI=1S/C22H14O4S2/c23-21(24)17(11-15-9-13-5-1-3-7-19(13)27-15)18(22(25)26)12-16-10-14-6-2-4-8-20(14)28-16/h1-12H,(H,23,24)(H,25,26)/p-2/b17-11-,18-12?. The van der Waals surface area contributed by atoms with Crippen LogP contribution in [0.25, 0.3) is 32.3 Å². The molecule has 0 radical (unpaired) electrons. The Morgan fingerprint density at radius 3 is 1.43 bits per heavy atom. The van der Waals surface area contributed by atoms with Crippen molar-refractivity contribution in [3.05, 3.63) is 81.6 Å². The molecule has 0 saturated heterocycles. The van der Waals surface area contributed by atoms with Crippen LogP contribution >= 0.6 is 22.7 Å². The van der Waals surface area contributed by atoms with E-state index in [-0.39, 0.29) is 0 Å². The topological polar surface area (TPSA) is 80.3 Å². The Balaban J connectivity index is 1.82. The number of hydrogen-bond acceptors (Lipinski definition) is 6. The molecule has 0 fully saturated rings. The summed E-state index contributed by atoms with van der Waals surface area (Å²) >= 11 is 2.75.